The number of para-hydroxylation sites is 1. The van der Waals surface area contributed by atoms with Crippen molar-refractivity contribution in [1.82, 2.24) is 5.32 Å². The molecule has 1 rings (SSSR count). The zero-order chi connectivity index (χ0) is 12.5. The molecule has 0 aliphatic heterocycles. The number of halogens is 1. The molecule has 0 aliphatic rings. The predicted molar refractivity (Wildman–Crippen MR) is 75.1 cm³/mol. The molecule has 1 atom stereocenters. The maximum absolute atomic E-state index is 11.4. The summed E-state index contributed by atoms with van der Waals surface area (Å²) in [7, 11) is 0. The molecule has 0 saturated heterocycles. The van der Waals surface area contributed by atoms with Crippen molar-refractivity contribution in [3.05, 3.63) is 30.3 Å². The Hall–Kier alpha value is -1.26. The topological polar surface area (TPSA) is 64.3 Å². The van der Waals surface area contributed by atoms with Crippen LogP contribution in [0.2, 0.25) is 0 Å². The van der Waals surface area contributed by atoms with Crippen molar-refractivity contribution in [3.8, 4) is 5.75 Å². The average Bonchev–Trinajstić information content (AvgIpc) is 2.36. The lowest BCUT2D eigenvalue weighted by Gasteiger charge is -2.11. The summed E-state index contributed by atoms with van der Waals surface area (Å²) in [5.41, 5.74) is 5.41. The van der Waals surface area contributed by atoms with Crippen LogP contribution in [0.25, 0.3) is 0 Å². The van der Waals surface area contributed by atoms with Gasteiger partial charge in [0, 0.05) is 19.0 Å². The molecular weight excluding hydrogens is 252 g/mol. The van der Waals surface area contributed by atoms with Gasteiger partial charge in [-0.05, 0) is 25.5 Å². The summed E-state index contributed by atoms with van der Waals surface area (Å²) in [5, 5.41) is 2.81. The Bertz CT molecular complexity index is 333. The van der Waals surface area contributed by atoms with E-state index in [2.05, 4.69) is 5.32 Å². The van der Waals surface area contributed by atoms with Gasteiger partial charge in [0.2, 0.25) is 5.91 Å². The summed E-state index contributed by atoms with van der Waals surface area (Å²) in [6.07, 6.45) is 1.18. The van der Waals surface area contributed by atoms with Gasteiger partial charge in [-0.15, -0.1) is 12.4 Å². The monoisotopic (exact) mass is 272 g/mol. The molecule has 0 fully saturated rings. The molecule has 4 nitrogen and oxygen atoms in total. The first-order valence-corrected chi connectivity index (χ1v) is 5.89. The van der Waals surface area contributed by atoms with Gasteiger partial charge in [-0.25, -0.2) is 0 Å². The number of rotatable bonds is 7. The molecule has 5 heteroatoms. The first kappa shape index (κ1) is 16.7. The molecule has 102 valence electrons. The third-order valence-electron chi connectivity index (χ3n) is 2.32. The largest absolute Gasteiger partial charge is 0.494 e. The van der Waals surface area contributed by atoms with Crippen molar-refractivity contribution >= 4 is 18.3 Å². The molecule has 0 saturated carbocycles. The van der Waals surface area contributed by atoms with Crippen molar-refractivity contribution in [2.75, 3.05) is 13.2 Å². The molecule has 0 unspecified atom stereocenters. The zero-order valence-corrected chi connectivity index (χ0v) is 11.4. The molecule has 0 spiro atoms. The van der Waals surface area contributed by atoms with E-state index in [-0.39, 0.29) is 24.4 Å². The van der Waals surface area contributed by atoms with Gasteiger partial charge in [0.05, 0.1) is 6.61 Å². The van der Waals surface area contributed by atoms with E-state index in [1.807, 2.05) is 37.3 Å². The van der Waals surface area contributed by atoms with Gasteiger partial charge in [-0.2, -0.15) is 0 Å². The van der Waals surface area contributed by atoms with Gasteiger partial charge < -0.3 is 15.8 Å². The maximum atomic E-state index is 11.4. The molecule has 3 N–H and O–H groups in total. The molecule has 0 aromatic heterocycles. The van der Waals surface area contributed by atoms with E-state index in [1.165, 1.54) is 0 Å². The predicted octanol–water partition coefficient (Wildman–Crippen LogP) is 1.73. The van der Waals surface area contributed by atoms with Crippen LogP contribution in [-0.2, 0) is 4.79 Å². The van der Waals surface area contributed by atoms with E-state index in [9.17, 15) is 4.79 Å². The highest BCUT2D eigenvalue weighted by Gasteiger charge is 2.04. The fourth-order valence-electron chi connectivity index (χ4n) is 1.35. The minimum Gasteiger partial charge on any atom is -0.494 e. The molecule has 0 heterocycles. The number of carbonyl (C=O) groups is 1. The highest BCUT2D eigenvalue weighted by molar-refractivity contribution is 5.85. The summed E-state index contributed by atoms with van der Waals surface area (Å²) in [5.74, 6) is 0.864. The Morgan fingerprint density at radius 3 is 2.67 bits per heavy atom. The summed E-state index contributed by atoms with van der Waals surface area (Å²) in [6.45, 7) is 2.90. The molecule has 18 heavy (non-hydrogen) atoms. The van der Waals surface area contributed by atoms with Crippen LogP contribution in [0.5, 0.6) is 5.75 Å². The lowest BCUT2D eigenvalue weighted by molar-refractivity contribution is -0.121. The van der Waals surface area contributed by atoms with Crippen molar-refractivity contribution in [2.24, 2.45) is 5.73 Å². The Morgan fingerprint density at radius 2 is 2.06 bits per heavy atom. The summed E-state index contributed by atoms with van der Waals surface area (Å²) in [4.78, 5) is 11.4. The molecule has 0 bridgehead atoms. The number of hydrogen-bond acceptors (Lipinski definition) is 3. The van der Waals surface area contributed by atoms with E-state index in [4.69, 9.17) is 10.5 Å². The van der Waals surface area contributed by atoms with E-state index in [0.717, 1.165) is 5.75 Å². The van der Waals surface area contributed by atoms with Crippen LogP contribution in [-0.4, -0.2) is 25.1 Å². The maximum Gasteiger partial charge on any atom is 0.220 e. The first-order chi connectivity index (χ1) is 8.22. The third-order valence-corrected chi connectivity index (χ3v) is 2.32. The zero-order valence-electron chi connectivity index (χ0n) is 10.6. The van der Waals surface area contributed by atoms with E-state index in [1.54, 1.807) is 0 Å². The van der Waals surface area contributed by atoms with Gasteiger partial charge in [-0.1, -0.05) is 18.2 Å². The van der Waals surface area contributed by atoms with Crippen LogP contribution in [0, 0.1) is 0 Å². The second-order valence-electron chi connectivity index (χ2n) is 3.97. The van der Waals surface area contributed by atoms with E-state index < -0.39 is 0 Å². The van der Waals surface area contributed by atoms with Gasteiger partial charge in [-0.3, -0.25) is 4.79 Å². The van der Waals surface area contributed by atoms with Crippen molar-refractivity contribution in [2.45, 2.75) is 25.8 Å². The number of hydrogen-bond donors (Lipinski definition) is 2. The minimum atomic E-state index is 0. The van der Waals surface area contributed by atoms with Crippen LogP contribution in [0.1, 0.15) is 19.8 Å². The van der Waals surface area contributed by atoms with E-state index >= 15 is 0 Å². The number of nitrogens with one attached hydrogen (secondary N) is 1. The second kappa shape index (κ2) is 9.74. The standard InChI is InChI=1S/C13H20N2O2.ClH/c1-11(10-14)15-13(16)8-5-9-17-12-6-3-2-4-7-12;/h2-4,6-7,11H,5,8-10,14H2,1H3,(H,15,16);1H/t11-;/m0./s1. The summed E-state index contributed by atoms with van der Waals surface area (Å²) >= 11 is 0. The average molecular weight is 273 g/mol. The van der Waals surface area contributed by atoms with Crippen LogP contribution in [0.4, 0.5) is 0 Å². The first-order valence-electron chi connectivity index (χ1n) is 5.89. The molecule has 1 aromatic rings. The second-order valence-corrected chi connectivity index (χ2v) is 3.97. The molecule has 1 amide bonds. The normalized spacial score (nSPS) is 11.2. The Morgan fingerprint density at radius 1 is 1.39 bits per heavy atom. The van der Waals surface area contributed by atoms with Gasteiger partial charge in [0.1, 0.15) is 5.75 Å². The van der Waals surface area contributed by atoms with Crippen LogP contribution >= 0.6 is 12.4 Å². The number of carbonyl (C=O) groups excluding carboxylic acids is 1. The number of nitrogens with two attached hydrogens (primary N) is 1. The Kier molecular flexibility index (Phi) is 9.06. The Labute approximate surface area is 114 Å². The molecule has 1 aromatic carbocycles. The fourth-order valence-corrected chi connectivity index (χ4v) is 1.35. The quantitative estimate of drug-likeness (QED) is 0.743. The van der Waals surface area contributed by atoms with Crippen LogP contribution in [0.15, 0.2) is 30.3 Å². The highest BCUT2D eigenvalue weighted by Crippen LogP contribution is 2.08. The van der Waals surface area contributed by atoms with Crippen LogP contribution < -0.4 is 15.8 Å². The molecule has 0 radical (unpaired) electrons. The van der Waals surface area contributed by atoms with Gasteiger partial charge in [0.15, 0.2) is 0 Å². The number of benzene rings is 1. The number of ether oxygens (including phenoxy) is 1. The highest BCUT2D eigenvalue weighted by atomic mass is 35.5. The lowest BCUT2D eigenvalue weighted by Crippen LogP contribution is -2.37. The van der Waals surface area contributed by atoms with Gasteiger partial charge >= 0.3 is 0 Å². The number of amides is 1. The minimum absolute atomic E-state index is 0. The van der Waals surface area contributed by atoms with Crippen molar-refractivity contribution in [3.63, 3.8) is 0 Å². The Balaban J connectivity index is 0.00000289. The van der Waals surface area contributed by atoms with Crippen LogP contribution in [0.3, 0.4) is 0 Å². The smallest absolute Gasteiger partial charge is 0.220 e. The van der Waals surface area contributed by atoms with Crippen molar-refractivity contribution < 1.29 is 9.53 Å². The molecule has 0 aliphatic carbocycles. The van der Waals surface area contributed by atoms with E-state index in [0.29, 0.717) is 26.0 Å². The summed E-state index contributed by atoms with van der Waals surface area (Å²) < 4.78 is 5.48. The lowest BCUT2D eigenvalue weighted by atomic mass is 10.2. The molecular formula is C13H21ClN2O2. The third kappa shape index (κ3) is 7.14. The van der Waals surface area contributed by atoms with Gasteiger partial charge in [0.25, 0.3) is 0 Å². The summed E-state index contributed by atoms with van der Waals surface area (Å²) in [6, 6.07) is 9.62. The SMILES string of the molecule is C[C@@H](CN)NC(=O)CCCOc1ccccc1.Cl. The fraction of sp³-hybridized carbons (Fsp3) is 0.462. The van der Waals surface area contributed by atoms with Crippen molar-refractivity contribution in [1.29, 1.82) is 0 Å².